The highest BCUT2D eigenvalue weighted by Gasteiger charge is 2.41. The van der Waals surface area contributed by atoms with Gasteiger partial charge in [-0.15, -0.1) is 11.3 Å². The maximum Gasteiger partial charge on any atom is 0.264 e. The Morgan fingerprint density at radius 1 is 1.19 bits per heavy atom. The SMILES string of the molecule is Cc1nc2ccc(-c3c[nH]c4nc(N5[C@@H]6CC[C@H]5CC(N)C6)n(C)c(=O)c34)c(Cl)c2s1. The van der Waals surface area contributed by atoms with Crippen LogP contribution >= 0.6 is 22.9 Å². The minimum atomic E-state index is -0.0674. The topological polar surface area (TPSA) is 92.8 Å². The molecule has 2 fully saturated rings. The summed E-state index contributed by atoms with van der Waals surface area (Å²) in [4.78, 5) is 28.5. The van der Waals surface area contributed by atoms with E-state index in [1.165, 1.54) is 0 Å². The Morgan fingerprint density at radius 3 is 2.68 bits per heavy atom. The monoisotopic (exact) mass is 454 g/mol. The van der Waals surface area contributed by atoms with Crippen molar-refractivity contribution in [2.75, 3.05) is 4.90 Å². The van der Waals surface area contributed by atoms with Crippen molar-refractivity contribution < 1.29 is 0 Å². The van der Waals surface area contributed by atoms with Crippen molar-refractivity contribution in [3.8, 4) is 11.1 Å². The number of rotatable bonds is 2. The second-order valence-electron chi connectivity index (χ2n) is 8.73. The number of hydrogen-bond acceptors (Lipinski definition) is 6. The molecule has 1 aromatic carbocycles. The molecule has 160 valence electrons. The summed E-state index contributed by atoms with van der Waals surface area (Å²) in [5, 5.41) is 2.15. The fourth-order valence-electron chi connectivity index (χ4n) is 5.42. The highest BCUT2D eigenvalue weighted by molar-refractivity contribution is 7.19. The van der Waals surface area contributed by atoms with Crippen LogP contribution in [0.15, 0.2) is 23.1 Å². The Kier molecular flexibility index (Phi) is 4.22. The largest absolute Gasteiger partial charge is 0.345 e. The Balaban J connectivity index is 1.52. The summed E-state index contributed by atoms with van der Waals surface area (Å²) in [6.45, 7) is 1.97. The fourth-order valence-corrected chi connectivity index (χ4v) is 6.65. The normalized spacial score (nSPS) is 23.4. The maximum absolute atomic E-state index is 13.5. The van der Waals surface area contributed by atoms with Gasteiger partial charge in [-0.3, -0.25) is 9.36 Å². The summed E-state index contributed by atoms with van der Waals surface area (Å²) in [6, 6.07) is 4.83. The third-order valence-electron chi connectivity index (χ3n) is 6.78. The molecule has 2 aliphatic rings. The van der Waals surface area contributed by atoms with Crippen LogP contribution in [0.25, 0.3) is 32.4 Å². The van der Waals surface area contributed by atoms with Gasteiger partial charge in [-0.2, -0.15) is 4.98 Å². The van der Waals surface area contributed by atoms with Gasteiger partial charge in [0.1, 0.15) is 5.65 Å². The number of nitrogens with zero attached hydrogens (tertiary/aromatic N) is 4. The van der Waals surface area contributed by atoms with Crippen LogP contribution in [0.2, 0.25) is 5.02 Å². The first-order chi connectivity index (χ1) is 14.9. The molecule has 0 spiro atoms. The number of benzene rings is 1. The summed E-state index contributed by atoms with van der Waals surface area (Å²) >= 11 is 8.32. The fraction of sp³-hybridized carbons (Fsp3) is 0.409. The van der Waals surface area contributed by atoms with Gasteiger partial charge in [0.15, 0.2) is 0 Å². The highest BCUT2D eigenvalue weighted by atomic mass is 35.5. The number of aromatic amines is 1. The number of halogens is 1. The molecule has 2 aliphatic heterocycles. The molecule has 3 aromatic heterocycles. The second kappa shape index (κ2) is 6.79. The molecule has 2 saturated heterocycles. The molecule has 6 rings (SSSR count). The standard InChI is InChI=1S/C22H23ClN6OS/c1-10-26-16-6-5-14(18(23)19(16)31-10)15-9-25-20-17(15)21(30)28(2)22(27-20)29-12-3-4-13(29)8-11(24)7-12/h5-6,9,11-13,25H,3-4,7-8,24H2,1-2H3/t11?,12-,13+. The van der Waals surface area contributed by atoms with E-state index >= 15 is 0 Å². The number of H-pyrrole nitrogens is 1. The van der Waals surface area contributed by atoms with Crippen molar-refractivity contribution in [2.45, 2.75) is 50.7 Å². The van der Waals surface area contributed by atoms with Crippen LogP contribution in [0.3, 0.4) is 0 Å². The Hall–Kier alpha value is -2.42. The van der Waals surface area contributed by atoms with E-state index in [4.69, 9.17) is 22.3 Å². The van der Waals surface area contributed by atoms with Gasteiger partial charge in [-0.05, 0) is 38.7 Å². The van der Waals surface area contributed by atoms with Crippen LogP contribution in [0.4, 0.5) is 5.95 Å². The van der Waals surface area contributed by atoms with E-state index in [9.17, 15) is 4.79 Å². The molecule has 0 amide bonds. The molecule has 0 radical (unpaired) electrons. The zero-order valence-corrected chi connectivity index (χ0v) is 18.9. The first-order valence-corrected chi connectivity index (χ1v) is 11.8. The smallest absolute Gasteiger partial charge is 0.264 e. The first-order valence-electron chi connectivity index (χ1n) is 10.6. The molecular formula is C22H23ClN6OS. The molecule has 5 heterocycles. The average Bonchev–Trinajstić information content (AvgIpc) is 3.39. The third kappa shape index (κ3) is 2.78. The van der Waals surface area contributed by atoms with E-state index in [1.54, 1.807) is 15.9 Å². The Labute approximate surface area is 187 Å². The Bertz CT molecular complexity index is 1390. The van der Waals surface area contributed by atoms with Gasteiger partial charge in [0, 0.05) is 42.5 Å². The molecule has 2 bridgehead atoms. The van der Waals surface area contributed by atoms with Crippen molar-refractivity contribution >= 4 is 50.1 Å². The van der Waals surface area contributed by atoms with E-state index in [1.807, 2.05) is 32.3 Å². The van der Waals surface area contributed by atoms with Crippen LogP contribution < -0.4 is 16.2 Å². The van der Waals surface area contributed by atoms with E-state index in [-0.39, 0.29) is 11.6 Å². The minimum absolute atomic E-state index is 0.0674. The minimum Gasteiger partial charge on any atom is -0.345 e. The zero-order valence-electron chi connectivity index (χ0n) is 17.4. The molecule has 7 nitrogen and oxygen atoms in total. The van der Waals surface area contributed by atoms with Gasteiger partial charge in [-0.25, -0.2) is 4.98 Å². The summed E-state index contributed by atoms with van der Waals surface area (Å²) in [5.74, 6) is 0.727. The lowest BCUT2D eigenvalue weighted by molar-refractivity contribution is 0.405. The molecule has 1 unspecified atom stereocenters. The summed E-state index contributed by atoms with van der Waals surface area (Å²) in [5.41, 5.74) is 9.24. The quantitative estimate of drug-likeness (QED) is 0.478. The summed E-state index contributed by atoms with van der Waals surface area (Å²) in [7, 11) is 1.81. The van der Waals surface area contributed by atoms with Crippen LogP contribution in [-0.4, -0.2) is 37.6 Å². The molecule has 31 heavy (non-hydrogen) atoms. The number of aryl methyl sites for hydroxylation is 1. The van der Waals surface area contributed by atoms with Gasteiger partial charge >= 0.3 is 0 Å². The predicted molar refractivity (Wildman–Crippen MR) is 126 cm³/mol. The molecule has 9 heteroatoms. The van der Waals surface area contributed by atoms with Crippen LogP contribution in [0.1, 0.15) is 30.7 Å². The van der Waals surface area contributed by atoms with Gasteiger partial charge in [0.2, 0.25) is 5.95 Å². The number of nitrogens with one attached hydrogen (secondary N) is 1. The number of piperidine rings is 1. The van der Waals surface area contributed by atoms with E-state index in [0.717, 1.165) is 58.0 Å². The van der Waals surface area contributed by atoms with E-state index < -0.39 is 0 Å². The number of hydrogen-bond donors (Lipinski definition) is 2. The predicted octanol–water partition coefficient (Wildman–Crippen LogP) is 3.96. The lowest BCUT2D eigenvalue weighted by Gasteiger charge is -2.38. The number of anilines is 1. The van der Waals surface area contributed by atoms with Gasteiger partial charge in [0.25, 0.3) is 5.56 Å². The van der Waals surface area contributed by atoms with E-state index in [2.05, 4.69) is 14.9 Å². The molecule has 0 aliphatic carbocycles. The van der Waals surface area contributed by atoms with Crippen molar-refractivity contribution in [3.05, 3.63) is 38.7 Å². The van der Waals surface area contributed by atoms with Crippen LogP contribution in [0.5, 0.6) is 0 Å². The Morgan fingerprint density at radius 2 is 1.94 bits per heavy atom. The lowest BCUT2D eigenvalue weighted by Crippen LogP contribution is -2.49. The third-order valence-corrected chi connectivity index (χ3v) is 8.29. The number of fused-ring (bicyclic) bond motifs is 4. The van der Waals surface area contributed by atoms with Gasteiger partial charge in [0.05, 0.1) is 25.6 Å². The van der Waals surface area contributed by atoms with Crippen molar-refractivity contribution in [1.29, 1.82) is 0 Å². The van der Waals surface area contributed by atoms with Crippen molar-refractivity contribution in [2.24, 2.45) is 12.8 Å². The van der Waals surface area contributed by atoms with Crippen molar-refractivity contribution in [3.63, 3.8) is 0 Å². The van der Waals surface area contributed by atoms with Crippen LogP contribution in [-0.2, 0) is 7.05 Å². The van der Waals surface area contributed by atoms with Crippen molar-refractivity contribution in [1.82, 2.24) is 19.5 Å². The molecule has 4 aromatic rings. The zero-order chi connectivity index (χ0) is 21.4. The van der Waals surface area contributed by atoms with Gasteiger partial charge in [-0.1, -0.05) is 17.7 Å². The van der Waals surface area contributed by atoms with E-state index in [0.29, 0.717) is 28.1 Å². The maximum atomic E-state index is 13.5. The summed E-state index contributed by atoms with van der Waals surface area (Å²) in [6.07, 6.45) is 5.94. The average molecular weight is 455 g/mol. The molecule has 3 atom stereocenters. The lowest BCUT2D eigenvalue weighted by atomic mass is 9.98. The number of nitrogens with two attached hydrogens (primary N) is 1. The van der Waals surface area contributed by atoms with Gasteiger partial charge < -0.3 is 15.6 Å². The molecule has 3 N–H and O–H groups in total. The summed E-state index contributed by atoms with van der Waals surface area (Å²) < 4.78 is 2.62. The second-order valence-corrected chi connectivity index (χ2v) is 10.3. The highest BCUT2D eigenvalue weighted by Crippen LogP contribution is 2.41. The molecular weight excluding hydrogens is 432 g/mol. The first kappa shape index (κ1) is 19.3. The number of aromatic nitrogens is 4. The number of thiazole rings is 1. The van der Waals surface area contributed by atoms with Crippen LogP contribution in [0, 0.1) is 6.92 Å². The molecule has 0 saturated carbocycles.